The zero-order valence-corrected chi connectivity index (χ0v) is 16.8. The lowest BCUT2D eigenvalue weighted by Gasteiger charge is -2.29. The van der Waals surface area contributed by atoms with E-state index in [1.165, 1.54) is 10.4 Å². The molecule has 1 heterocycles. The molecule has 5 nitrogen and oxygen atoms in total. The Bertz CT molecular complexity index is 905. The number of hydrogen-bond donors (Lipinski definition) is 1. The number of piperidine rings is 1. The summed E-state index contributed by atoms with van der Waals surface area (Å²) in [5, 5.41) is 3.44. The quantitative estimate of drug-likeness (QED) is 0.823. The van der Waals surface area contributed by atoms with Crippen LogP contribution in [0.2, 0.25) is 5.02 Å². The zero-order chi connectivity index (χ0) is 19.4. The molecule has 1 saturated heterocycles. The number of amides is 1. The van der Waals surface area contributed by atoms with Crippen LogP contribution in [-0.2, 0) is 16.6 Å². The first-order chi connectivity index (χ1) is 12.9. The van der Waals surface area contributed by atoms with Gasteiger partial charge in [0.2, 0.25) is 10.0 Å². The molecule has 7 heteroatoms. The van der Waals surface area contributed by atoms with Crippen LogP contribution in [0.3, 0.4) is 0 Å². The summed E-state index contributed by atoms with van der Waals surface area (Å²) in [6.07, 6.45) is 1.72. The molecule has 0 spiro atoms. The van der Waals surface area contributed by atoms with Crippen molar-refractivity contribution in [2.24, 2.45) is 5.92 Å². The number of benzene rings is 2. The van der Waals surface area contributed by atoms with Crippen molar-refractivity contribution in [3.63, 3.8) is 0 Å². The highest BCUT2D eigenvalue weighted by Gasteiger charge is 2.28. The SMILES string of the molecule is CC1CCN(S(=O)(=O)c2cccc(C(=O)NCc3ccc(Cl)cc3)c2)CC1. The number of carbonyl (C=O) groups excluding carboxylic acids is 1. The Labute approximate surface area is 165 Å². The van der Waals surface area contributed by atoms with E-state index in [1.807, 2.05) is 12.1 Å². The van der Waals surface area contributed by atoms with Crippen molar-refractivity contribution in [1.29, 1.82) is 0 Å². The molecule has 1 aliphatic heterocycles. The monoisotopic (exact) mass is 406 g/mol. The third-order valence-electron chi connectivity index (χ3n) is 4.84. The Morgan fingerprint density at radius 2 is 1.81 bits per heavy atom. The van der Waals surface area contributed by atoms with Crippen LogP contribution in [0.1, 0.15) is 35.7 Å². The van der Waals surface area contributed by atoms with Crippen LogP contribution in [0.25, 0.3) is 0 Å². The molecule has 1 N–H and O–H groups in total. The first kappa shape index (κ1) is 19.9. The van der Waals surface area contributed by atoms with Gasteiger partial charge in [0.1, 0.15) is 0 Å². The average molecular weight is 407 g/mol. The van der Waals surface area contributed by atoms with E-state index in [-0.39, 0.29) is 10.8 Å². The summed E-state index contributed by atoms with van der Waals surface area (Å²) in [7, 11) is -3.57. The Balaban J connectivity index is 1.70. The van der Waals surface area contributed by atoms with Gasteiger partial charge in [-0.3, -0.25) is 4.79 Å². The minimum absolute atomic E-state index is 0.163. The highest BCUT2D eigenvalue weighted by molar-refractivity contribution is 7.89. The van der Waals surface area contributed by atoms with Crippen molar-refractivity contribution >= 4 is 27.5 Å². The Kier molecular flexibility index (Phi) is 6.19. The second-order valence-corrected chi connectivity index (χ2v) is 9.30. The molecular weight excluding hydrogens is 384 g/mol. The van der Waals surface area contributed by atoms with E-state index >= 15 is 0 Å². The standard InChI is InChI=1S/C20H23ClN2O3S/c1-15-9-11-23(12-10-15)27(25,26)19-4-2-3-17(13-19)20(24)22-14-16-5-7-18(21)8-6-16/h2-8,13,15H,9-12,14H2,1H3,(H,22,24). The highest BCUT2D eigenvalue weighted by Crippen LogP contribution is 2.24. The molecule has 0 aromatic heterocycles. The van der Waals surface area contributed by atoms with Gasteiger partial charge in [-0.15, -0.1) is 0 Å². The van der Waals surface area contributed by atoms with Crippen molar-refractivity contribution in [3.05, 3.63) is 64.7 Å². The van der Waals surface area contributed by atoms with Crippen molar-refractivity contribution in [1.82, 2.24) is 9.62 Å². The van der Waals surface area contributed by atoms with Gasteiger partial charge in [-0.05, 0) is 54.7 Å². The maximum atomic E-state index is 12.9. The van der Waals surface area contributed by atoms with Gasteiger partial charge >= 0.3 is 0 Å². The number of hydrogen-bond acceptors (Lipinski definition) is 3. The van der Waals surface area contributed by atoms with E-state index in [4.69, 9.17) is 11.6 Å². The van der Waals surface area contributed by atoms with E-state index < -0.39 is 10.0 Å². The van der Waals surface area contributed by atoms with Crippen LogP contribution >= 0.6 is 11.6 Å². The van der Waals surface area contributed by atoms with Crippen LogP contribution in [0.5, 0.6) is 0 Å². The largest absolute Gasteiger partial charge is 0.348 e. The number of nitrogens with one attached hydrogen (secondary N) is 1. The minimum atomic E-state index is -3.57. The zero-order valence-electron chi connectivity index (χ0n) is 15.2. The molecule has 2 aromatic carbocycles. The Hall–Kier alpha value is -1.89. The molecule has 1 amide bonds. The predicted octanol–water partition coefficient (Wildman–Crippen LogP) is 3.69. The average Bonchev–Trinajstić information content (AvgIpc) is 2.68. The summed E-state index contributed by atoms with van der Waals surface area (Å²) in [6, 6.07) is 13.4. The maximum absolute atomic E-state index is 12.9. The smallest absolute Gasteiger partial charge is 0.251 e. The van der Waals surface area contributed by atoms with Crippen molar-refractivity contribution < 1.29 is 13.2 Å². The topological polar surface area (TPSA) is 66.5 Å². The van der Waals surface area contributed by atoms with Gasteiger partial charge in [0.05, 0.1) is 4.90 Å². The normalized spacial score (nSPS) is 16.2. The van der Waals surface area contributed by atoms with Crippen molar-refractivity contribution in [2.75, 3.05) is 13.1 Å². The molecule has 2 aromatic rings. The molecule has 1 aliphatic rings. The summed E-state index contributed by atoms with van der Waals surface area (Å²) >= 11 is 5.85. The summed E-state index contributed by atoms with van der Waals surface area (Å²) in [6.45, 7) is 3.53. The number of halogens is 1. The number of sulfonamides is 1. The summed E-state index contributed by atoms with van der Waals surface area (Å²) in [5.74, 6) is 0.232. The predicted molar refractivity (Wildman–Crippen MR) is 106 cm³/mol. The highest BCUT2D eigenvalue weighted by atomic mass is 35.5. The van der Waals surface area contributed by atoms with Gasteiger partial charge in [0.25, 0.3) is 5.91 Å². The number of rotatable bonds is 5. The van der Waals surface area contributed by atoms with E-state index in [1.54, 1.807) is 30.3 Å². The number of nitrogens with zero attached hydrogens (tertiary/aromatic N) is 1. The van der Waals surface area contributed by atoms with Crippen LogP contribution in [0.15, 0.2) is 53.4 Å². The van der Waals surface area contributed by atoms with Crippen molar-refractivity contribution in [3.8, 4) is 0 Å². The molecule has 27 heavy (non-hydrogen) atoms. The Morgan fingerprint density at radius 3 is 2.48 bits per heavy atom. The maximum Gasteiger partial charge on any atom is 0.251 e. The second kappa shape index (κ2) is 8.42. The molecule has 0 unspecified atom stereocenters. The molecule has 0 saturated carbocycles. The van der Waals surface area contributed by atoms with Gasteiger partial charge in [0, 0.05) is 30.2 Å². The molecule has 0 bridgehead atoms. The molecule has 1 fully saturated rings. The molecule has 3 rings (SSSR count). The molecule has 144 valence electrons. The van der Waals surface area contributed by atoms with Gasteiger partial charge in [-0.1, -0.05) is 36.7 Å². The third kappa shape index (κ3) is 4.89. The van der Waals surface area contributed by atoms with E-state index in [0.29, 0.717) is 36.1 Å². The van der Waals surface area contributed by atoms with E-state index in [2.05, 4.69) is 12.2 Å². The molecule has 0 aliphatic carbocycles. The fraction of sp³-hybridized carbons (Fsp3) is 0.350. The van der Waals surface area contributed by atoms with E-state index in [0.717, 1.165) is 18.4 Å². The summed E-state index contributed by atoms with van der Waals surface area (Å²) < 4.78 is 27.2. The lowest BCUT2D eigenvalue weighted by Crippen LogP contribution is -2.38. The van der Waals surface area contributed by atoms with Crippen LogP contribution in [-0.4, -0.2) is 31.7 Å². The first-order valence-corrected chi connectivity index (χ1v) is 10.8. The van der Waals surface area contributed by atoms with E-state index in [9.17, 15) is 13.2 Å². The van der Waals surface area contributed by atoms with Gasteiger partial charge in [-0.25, -0.2) is 8.42 Å². The number of carbonyl (C=O) groups is 1. The van der Waals surface area contributed by atoms with Gasteiger partial charge in [-0.2, -0.15) is 4.31 Å². The Morgan fingerprint density at radius 1 is 1.15 bits per heavy atom. The molecule has 0 atom stereocenters. The first-order valence-electron chi connectivity index (χ1n) is 8.99. The lowest BCUT2D eigenvalue weighted by molar-refractivity contribution is 0.0950. The van der Waals surface area contributed by atoms with Gasteiger partial charge in [0.15, 0.2) is 0 Å². The third-order valence-corrected chi connectivity index (χ3v) is 6.99. The second-order valence-electron chi connectivity index (χ2n) is 6.92. The van der Waals surface area contributed by atoms with Crippen molar-refractivity contribution in [2.45, 2.75) is 31.2 Å². The van der Waals surface area contributed by atoms with Crippen LogP contribution in [0, 0.1) is 5.92 Å². The fourth-order valence-electron chi connectivity index (χ4n) is 3.06. The lowest BCUT2D eigenvalue weighted by atomic mass is 10.0. The van der Waals surface area contributed by atoms with Crippen LogP contribution in [0.4, 0.5) is 0 Å². The van der Waals surface area contributed by atoms with Gasteiger partial charge < -0.3 is 5.32 Å². The fourth-order valence-corrected chi connectivity index (χ4v) is 4.70. The molecular formula is C20H23ClN2O3S. The van der Waals surface area contributed by atoms with Crippen LogP contribution < -0.4 is 5.32 Å². The molecule has 0 radical (unpaired) electrons. The summed E-state index contributed by atoms with van der Waals surface area (Å²) in [4.78, 5) is 12.6. The summed E-state index contributed by atoms with van der Waals surface area (Å²) in [5.41, 5.74) is 1.24. The minimum Gasteiger partial charge on any atom is -0.348 e.